The molecule has 0 aromatic heterocycles. The number of nitrogens with one attached hydrogen (secondary N) is 1. The fourth-order valence-electron chi connectivity index (χ4n) is 3.06. The minimum Gasteiger partial charge on any atom is -0.315 e. The molecule has 0 aliphatic carbocycles. The van der Waals surface area contributed by atoms with Crippen LogP contribution in [0.5, 0.6) is 0 Å². The van der Waals surface area contributed by atoms with E-state index in [0.29, 0.717) is 6.04 Å². The molecule has 2 atom stereocenters. The Morgan fingerprint density at radius 1 is 1.33 bits per heavy atom. The van der Waals surface area contributed by atoms with Gasteiger partial charge in [0, 0.05) is 25.2 Å². The second kappa shape index (κ2) is 8.89. The van der Waals surface area contributed by atoms with Gasteiger partial charge in [0.1, 0.15) is 0 Å². The molecule has 1 rings (SSSR count). The van der Waals surface area contributed by atoms with Gasteiger partial charge < -0.3 is 10.2 Å². The van der Waals surface area contributed by atoms with Crippen LogP contribution >= 0.6 is 0 Å². The first-order valence-electron chi connectivity index (χ1n) is 7.87. The molecule has 1 aliphatic heterocycles. The Hall–Kier alpha value is -0.120. The maximum atomic E-state index is 3.56. The van der Waals surface area contributed by atoms with E-state index in [9.17, 15) is 0 Å². The van der Waals surface area contributed by atoms with Crippen LogP contribution in [0, 0.1) is 0 Å². The minimum atomic E-state index is 0.691. The van der Waals surface area contributed by atoms with Crippen molar-refractivity contribution in [1.29, 1.82) is 0 Å². The van der Waals surface area contributed by atoms with E-state index in [1.165, 1.54) is 45.3 Å². The van der Waals surface area contributed by atoms with Crippen molar-refractivity contribution < 1.29 is 0 Å². The van der Waals surface area contributed by atoms with Gasteiger partial charge in [-0.1, -0.05) is 20.8 Å². The zero-order valence-electron chi connectivity index (χ0n) is 12.9. The van der Waals surface area contributed by atoms with Gasteiger partial charge >= 0.3 is 0 Å². The summed E-state index contributed by atoms with van der Waals surface area (Å²) in [4.78, 5) is 5.21. The third-order valence-corrected chi connectivity index (χ3v) is 4.31. The summed E-state index contributed by atoms with van der Waals surface area (Å²) in [6, 6.07) is 1.48. The van der Waals surface area contributed by atoms with Crippen LogP contribution in [-0.4, -0.2) is 61.7 Å². The highest BCUT2D eigenvalue weighted by Gasteiger charge is 2.25. The Kier molecular flexibility index (Phi) is 7.87. The Morgan fingerprint density at radius 2 is 2.11 bits per heavy atom. The average molecular weight is 255 g/mol. The zero-order valence-corrected chi connectivity index (χ0v) is 12.9. The fraction of sp³-hybridized carbons (Fsp3) is 1.00. The third kappa shape index (κ3) is 4.87. The van der Waals surface area contributed by atoms with Crippen molar-refractivity contribution >= 4 is 0 Å². The van der Waals surface area contributed by atoms with Gasteiger partial charge in [-0.25, -0.2) is 0 Å². The lowest BCUT2D eigenvalue weighted by molar-refractivity contribution is 0.158. The van der Waals surface area contributed by atoms with Gasteiger partial charge in [0.15, 0.2) is 0 Å². The molecule has 1 heterocycles. The molecule has 1 N–H and O–H groups in total. The number of likely N-dealkylation sites (tertiary alicyclic amines) is 1. The quantitative estimate of drug-likeness (QED) is 0.637. The summed E-state index contributed by atoms with van der Waals surface area (Å²) in [5, 5.41) is 3.56. The molecule has 1 fully saturated rings. The van der Waals surface area contributed by atoms with Gasteiger partial charge in [-0.3, -0.25) is 4.90 Å². The normalized spacial score (nSPS) is 22.8. The molecule has 0 radical (unpaired) electrons. The van der Waals surface area contributed by atoms with Gasteiger partial charge in [-0.2, -0.15) is 0 Å². The molecule has 18 heavy (non-hydrogen) atoms. The van der Waals surface area contributed by atoms with E-state index in [-0.39, 0.29) is 0 Å². The predicted octanol–water partition coefficient (Wildman–Crippen LogP) is 2.18. The average Bonchev–Trinajstić information content (AvgIpc) is 2.81. The SMILES string of the molecule is CCCNCC(CC)N(C)CC1CCCN1CC. The lowest BCUT2D eigenvalue weighted by Gasteiger charge is -2.33. The molecule has 0 saturated carbocycles. The van der Waals surface area contributed by atoms with Gasteiger partial charge in [-0.05, 0) is 52.4 Å². The topological polar surface area (TPSA) is 18.5 Å². The largest absolute Gasteiger partial charge is 0.315 e. The lowest BCUT2D eigenvalue weighted by atomic mass is 10.1. The third-order valence-electron chi connectivity index (χ3n) is 4.31. The van der Waals surface area contributed by atoms with Crippen molar-refractivity contribution in [1.82, 2.24) is 15.1 Å². The molecule has 108 valence electrons. The summed E-state index contributed by atoms with van der Waals surface area (Å²) < 4.78 is 0. The maximum absolute atomic E-state index is 3.56. The predicted molar refractivity (Wildman–Crippen MR) is 80.1 cm³/mol. The van der Waals surface area contributed by atoms with E-state index >= 15 is 0 Å². The van der Waals surface area contributed by atoms with E-state index in [0.717, 1.165) is 19.1 Å². The maximum Gasteiger partial charge on any atom is 0.0223 e. The molecular formula is C15H33N3. The van der Waals surface area contributed by atoms with Crippen molar-refractivity contribution in [2.45, 2.75) is 58.5 Å². The zero-order chi connectivity index (χ0) is 13.4. The first-order valence-corrected chi connectivity index (χ1v) is 7.87. The van der Waals surface area contributed by atoms with Crippen LogP contribution in [0.2, 0.25) is 0 Å². The number of hydrogen-bond donors (Lipinski definition) is 1. The van der Waals surface area contributed by atoms with E-state index in [2.05, 4.69) is 42.9 Å². The first kappa shape index (κ1) is 15.9. The first-order chi connectivity index (χ1) is 8.72. The van der Waals surface area contributed by atoms with Gasteiger partial charge in [0.2, 0.25) is 0 Å². The highest BCUT2D eigenvalue weighted by Crippen LogP contribution is 2.18. The molecule has 0 aromatic carbocycles. The van der Waals surface area contributed by atoms with Crippen LogP contribution in [0.4, 0.5) is 0 Å². The Bertz CT molecular complexity index is 208. The van der Waals surface area contributed by atoms with Gasteiger partial charge in [-0.15, -0.1) is 0 Å². The number of likely N-dealkylation sites (N-methyl/N-ethyl adjacent to an activating group) is 2. The number of hydrogen-bond acceptors (Lipinski definition) is 3. The summed E-state index contributed by atoms with van der Waals surface area (Å²) in [6.45, 7) is 12.9. The Labute approximate surface area is 114 Å². The van der Waals surface area contributed by atoms with Crippen LogP contribution in [0.25, 0.3) is 0 Å². The molecule has 1 aliphatic rings. The second-order valence-corrected chi connectivity index (χ2v) is 5.63. The summed E-state index contributed by atoms with van der Waals surface area (Å²) in [7, 11) is 2.30. The van der Waals surface area contributed by atoms with Crippen LogP contribution < -0.4 is 5.32 Å². The van der Waals surface area contributed by atoms with Crippen LogP contribution in [0.1, 0.15) is 46.5 Å². The molecular weight excluding hydrogens is 222 g/mol. The van der Waals surface area contributed by atoms with Crippen LogP contribution in [-0.2, 0) is 0 Å². The van der Waals surface area contributed by atoms with Crippen molar-refractivity contribution in [3.63, 3.8) is 0 Å². The minimum absolute atomic E-state index is 0.691. The molecule has 3 heteroatoms. The summed E-state index contributed by atoms with van der Waals surface area (Å²) in [5.74, 6) is 0. The van der Waals surface area contributed by atoms with E-state index in [1.54, 1.807) is 0 Å². The van der Waals surface area contributed by atoms with Gasteiger partial charge in [0.25, 0.3) is 0 Å². The smallest absolute Gasteiger partial charge is 0.0223 e. The molecule has 3 nitrogen and oxygen atoms in total. The van der Waals surface area contributed by atoms with Crippen molar-refractivity contribution in [3.05, 3.63) is 0 Å². The Balaban J connectivity index is 2.33. The van der Waals surface area contributed by atoms with Crippen molar-refractivity contribution in [2.24, 2.45) is 0 Å². The molecule has 0 amide bonds. The van der Waals surface area contributed by atoms with Gasteiger partial charge in [0.05, 0.1) is 0 Å². The highest BCUT2D eigenvalue weighted by molar-refractivity contribution is 4.82. The summed E-state index contributed by atoms with van der Waals surface area (Å²) in [5.41, 5.74) is 0. The van der Waals surface area contributed by atoms with Crippen LogP contribution in [0.15, 0.2) is 0 Å². The molecule has 2 unspecified atom stereocenters. The second-order valence-electron chi connectivity index (χ2n) is 5.63. The lowest BCUT2D eigenvalue weighted by Crippen LogP contribution is -2.46. The monoisotopic (exact) mass is 255 g/mol. The number of rotatable bonds is 9. The van der Waals surface area contributed by atoms with Crippen molar-refractivity contribution in [2.75, 3.05) is 39.8 Å². The summed E-state index contributed by atoms with van der Waals surface area (Å²) in [6.07, 6.45) is 5.24. The molecule has 0 spiro atoms. The van der Waals surface area contributed by atoms with E-state index < -0.39 is 0 Å². The molecule has 0 bridgehead atoms. The van der Waals surface area contributed by atoms with Crippen LogP contribution in [0.3, 0.4) is 0 Å². The van der Waals surface area contributed by atoms with E-state index in [4.69, 9.17) is 0 Å². The Morgan fingerprint density at radius 3 is 2.72 bits per heavy atom. The fourth-order valence-corrected chi connectivity index (χ4v) is 3.06. The standard InChI is InChI=1S/C15H33N3/c1-5-10-16-12-14(6-2)17(4)13-15-9-8-11-18(15)7-3/h14-16H,5-13H2,1-4H3. The van der Waals surface area contributed by atoms with Crippen molar-refractivity contribution in [3.8, 4) is 0 Å². The van der Waals surface area contributed by atoms with E-state index in [1.807, 2.05) is 0 Å². The highest BCUT2D eigenvalue weighted by atomic mass is 15.2. The summed E-state index contributed by atoms with van der Waals surface area (Å²) >= 11 is 0. The number of nitrogens with zero attached hydrogens (tertiary/aromatic N) is 2. The molecule has 0 aromatic rings. The molecule has 1 saturated heterocycles.